The topological polar surface area (TPSA) is 61.8 Å². The van der Waals surface area contributed by atoms with E-state index in [0.717, 1.165) is 0 Å². The molecule has 17 heavy (non-hydrogen) atoms. The van der Waals surface area contributed by atoms with Crippen molar-refractivity contribution in [1.29, 1.82) is 0 Å². The smallest absolute Gasteiger partial charge is 0.290 e. The number of aryl methyl sites for hydroxylation is 3. The zero-order valence-electron chi connectivity index (χ0n) is 10.5. The van der Waals surface area contributed by atoms with E-state index in [1.807, 2.05) is 13.8 Å². The van der Waals surface area contributed by atoms with E-state index in [4.69, 9.17) is 0 Å². The predicted octanol–water partition coefficient (Wildman–Crippen LogP) is 0.245. The fraction of sp³-hybridized carbons (Fsp3) is 0.545. The van der Waals surface area contributed by atoms with Crippen molar-refractivity contribution < 1.29 is 0 Å². The standard InChI is InChI=1S/C11H16N4O2/c1-5-14-8-7(3)12-13(4)9(8)10(16)15(6-2)11(14)17/h5-6H2,1-4H3. The van der Waals surface area contributed by atoms with Gasteiger partial charge in [0.1, 0.15) is 0 Å². The fourth-order valence-corrected chi connectivity index (χ4v) is 2.24. The van der Waals surface area contributed by atoms with Gasteiger partial charge in [0, 0.05) is 20.1 Å². The monoisotopic (exact) mass is 236 g/mol. The van der Waals surface area contributed by atoms with Gasteiger partial charge < -0.3 is 0 Å². The summed E-state index contributed by atoms with van der Waals surface area (Å²) in [5.74, 6) is 0. The van der Waals surface area contributed by atoms with Crippen LogP contribution in [0.2, 0.25) is 0 Å². The molecule has 0 aliphatic heterocycles. The Bertz CT molecular complexity index is 690. The van der Waals surface area contributed by atoms with E-state index < -0.39 is 0 Å². The van der Waals surface area contributed by atoms with Crippen molar-refractivity contribution in [2.24, 2.45) is 7.05 Å². The Kier molecular flexibility index (Phi) is 2.65. The van der Waals surface area contributed by atoms with Crippen LogP contribution < -0.4 is 11.2 Å². The molecule has 0 aliphatic rings. The van der Waals surface area contributed by atoms with Crippen molar-refractivity contribution in [3.63, 3.8) is 0 Å². The summed E-state index contributed by atoms with van der Waals surface area (Å²) < 4.78 is 4.39. The zero-order chi connectivity index (χ0) is 12.7. The van der Waals surface area contributed by atoms with Crippen LogP contribution in [-0.4, -0.2) is 18.9 Å². The second kappa shape index (κ2) is 3.87. The molecule has 0 aliphatic carbocycles. The number of hydrogen-bond donors (Lipinski definition) is 0. The average Bonchev–Trinajstić information content (AvgIpc) is 2.56. The summed E-state index contributed by atoms with van der Waals surface area (Å²) in [7, 11) is 1.72. The molecule has 92 valence electrons. The molecule has 6 heteroatoms. The van der Waals surface area contributed by atoms with Crippen LogP contribution in [0.4, 0.5) is 0 Å². The second-order valence-electron chi connectivity index (χ2n) is 3.98. The molecule has 0 fully saturated rings. The van der Waals surface area contributed by atoms with Crippen molar-refractivity contribution in [3.8, 4) is 0 Å². The van der Waals surface area contributed by atoms with Crippen LogP contribution in [0.5, 0.6) is 0 Å². The van der Waals surface area contributed by atoms with Crippen LogP contribution in [0.3, 0.4) is 0 Å². The largest absolute Gasteiger partial charge is 0.331 e. The summed E-state index contributed by atoms with van der Waals surface area (Å²) in [5.41, 5.74) is 1.33. The van der Waals surface area contributed by atoms with E-state index in [2.05, 4.69) is 5.10 Å². The van der Waals surface area contributed by atoms with Gasteiger partial charge in [0.2, 0.25) is 0 Å². The Balaban J connectivity index is 3.15. The number of aromatic nitrogens is 4. The van der Waals surface area contributed by atoms with Crippen molar-refractivity contribution in [2.75, 3.05) is 0 Å². The second-order valence-corrected chi connectivity index (χ2v) is 3.98. The quantitative estimate of drug-likeness (QED) is 0.750. The van der Waals surface area contributed by atoms with Gasteiger partial charge in [-0.3, -0.25) is 18.6 Å². The van der Waals surface area contributed by atoms with E-state index in [1.165, 1.54) is 4.57 Å². The Morgan fingerprint density at radius 3 is 2.18 bits per heavy atom. The maximum absolute atomic E-state index is 12.2. The Morgan fingerprint density at radius 2 is 1.65 bits per heavy atom. The third kappa shape index (κ3) is 1.44. The molecule has 2 aromatic heterocycles. The molecule has 0 saturated heterocycles. The van der Waals surface area contributed by atoms with E-state index in [-0.39, 0.29) is 11.2 Å². The molecule has 2 heterocycles. The lowest BCUT2D eigenvalue weighted by Crippen LogP contribution is -2.39. The predicted molar refractivity (Wildman–Crippen MR) is 65.3 cm³/mol. The van der Waals surface area contributed by atoms with Crippen molar-refractivity contribution >= 4 is 11.0 Å². The Hall–Kier alpha value is -1.85. The first-order valence-electron chi connectivity index (χ1n) is 5.69. The minimum absolute atomic E-state index is 0.261. The van der Waals surface area contributed by atoms with Crippen LogP contribution in [0.15, 0.2) is 9.59 Å². The van der Waals surface area contributed by atoms with Gasteiger partial charge in [-0.2, -0.15) is 5.10 Å². The van der Waals surface area contributed by atoms with Gasteiger partial charge in [-0.05, 0) is 20.8 Å². The first-order valence-corrected chi connectivity index (χ1v) is 5.69. The summed E-state index contributed by atoms with van der Waals surface area (Å²) in [5, 5.41) is 4.22. The molecule has 0 saturated carbocycles. The lowest BCUT2D eigenvalue weighted by molar-refractivity contribution is 0.605. The van der Waals surface area contributed by atoms with Gasteiger partial charge in [0.25, 0.3) is 5.56 Å². The van der Waals surface area contributed by atoms with E-state index >= 15 is 0 Å². The molecule has 0 spiro atoms. The summed E-state index contributed by atoms with van der Waals surface area (Å²) in [6.07, 6.45) is 0. The first-order chi connectivity index (χ1) is 8.02. The molecule has 2 aromatic rings. The SMILES string of the molecule is CCn1c(=O)c2c(c(C)nn2C)n(CC)c1=O. The Labute approximate surface area is 98.1 Å². The molecule has 0 N–H and O–H groups in total. The van der Waals surface area contributed by atoms with Crippen LogP contribution in [0.25, 0.3) is 11.0 Å². The van der Waals surface area contributed by atoms with E-state index in [1.54, 1.807) is 23.2 Å². The molecule has 0 bridgehead atoms. The number of rotatable bonds is 2. The zero-order valence-corrected chi connectivity index (χ0v) is 10.5. The van der Waals surface area contributed by atoms with Crippen LogP contribution in [-0.2, 0) is 20.1 Å². The maximum Gasteiger partial charge on any atom is 0.331 e. The molecular weight excluding hydrogens is 220 g/mol. The number of hydrogen-bond acceptors (Lipinski definition) is 3. The molecule has 2 rings (SSSR count). The Morgan fingerprint density at radius 1 is 1.06 bits per heavy atom. The summed E-state index contributed by atoms with van der Waals surface area (Å²) in [4.78, 5) is 24.3. The van der Waals surface area contributed by atoms with Crippen LogP contribution in [0.1, 0.15) is 19.5 Å². The van der Waals surface area contributed by atoms with Gasteiger partial charge in [-0.25, -0.2) is 4.79 Å². The summed E-state index contributed by atoms with van der Waals surface area (Å²) in [6, 6.07) is 0. The van der Waals surface area contributed by atoms with Gasteiger partial charge in [0.15, 0.2) is 5.52 Å². The maximum atomic E-state index is 12.2. The lowest BCUT2D eigenvalue weighted by Gasteiger charge is -2.09. The van der Waals surface area contributed by atoms with Gasteiger partial charge in [-0.1, -0.05) is 0 Å². The lowest BCUT2D eigenvalue weighted by atomic mass is 10.3. The van der Waals surface area contributed by atoms with Crippen LogP contribution in [0, 0.1) is 6.92 Å². The minimum Gasteiger partial charge on any atom is -0.290 e. The van der Waals surface area contributed by atoms with E-state index in [9.17, 15) is 9.59 Å². The minimum atomic E-state index is -0.264. The van der Waals surface area contributed by atoms with Gasteiger partial charge in [0.05, 0.1) is 11.2 Å². The average molecular weight is 236 g/mol. The third-order valence-corrected chi connectivity index (χ3v) is 3.00. The highest BCUT2D eigenvalue weighted by molar-refractivity contribution is 5.76. The number of nitrogens with zero attached hydrogens (tertiary/aromatic N) is 4. The first kappa shape index (κ1) is 11.6. The summed E-state index contributed by atoms with van der Waals surface area (Å²) in [6.45, 7) is 6.39. The van der Waals surface area contributed by atoms with E-state index in [0.29, 0.717) is 29.8 Å². The molecule has 0 aromatic carbocycles. The molecule has 0 radical (unpaired) electrons. The van der Waals surface area contributed by atoms with Gasteiger partial charge >= 0.3 is 5.69 Å². The summed E-state index contributed by atoms with van der Waals surface area (Å²) >= 11 is 0. The highest BCUT2D eigenvalue weighted by Gasteiger charge is 2.17. The van der Waals surface area contributed by atoms with Gasteiger partial charge in [-0.15, -0.1) is 0 Å². The molecule has 0 atom stereocenters. The van der Waals surface area contributed by atoms with Crippen molar-refractivity contribution in [3.05, 3.63) is 26.5 Å². The highest BCUT2D eigenvalue weighted by Crippen LogP contribution is 2.11. The van der Waals surface area contributed by atoms with Crippen molar-refractivity contribution in [2.45, 2.75) is 33.9 Å². The van der Waals surface area contributed by atoms with Crippen molar-refractivity contribution in [1.82, 2.24) is 18.9 Å². The normalized spacial score (nSPS) is 11.3. The third-order valence-electron chi connectivity index (χ3n) is 3.00. The molecular formula is C11H16N4O2. The molecule has 0 unspecified atom stereocenters. The fourth-order valence-electron chi connectivity index (χ4n) is 2.24. The molecule has 6 nitrogen and oxygen atoms in total. The number of fused-ring (bicyclic) bond motifs is 1. The molecule has 0 amide bonds. The highest BCUT2D eigenvalue weighted by atomic mass is 16.2. The van der Waals surface area contributed by atoms with Crippen LogP contribution >= 0.6 is 0 Å².